The first-order valence-corrected chi connectivity index (χ1v) is 8.21. The third kappa shape index (κ3) is 4.81. The number of carboxylic acids is 1. The van der Waals surface area contributed by atoms with Crippen molar-refractivity contribution in [1.82, 2.24) is 10.2 Å². The summed E-state index contributed by atoms with van der Waals surface area (Å²) in [6.07, 6.45) is 1.66. The Labute approximate surface area is 137 Å². The van der Waals surface area contributed by atoms with Crippen molar-refractivity contribution in [2.45, 2.75) is 70.2 Å². The quantitative estimate of drug-likeness (QED) is 0.770. The lowest BCUT2D eigenvalue weighted by molar-refractivity contribution is -0.141. The van der Waals surface area contributed by atoms with E-state index in [1.54, 1.807) is 4.90 Å². The highest BCUT2D eigenvalue weighted by atomic mass is 16.6. The van der Waals surface area contributed by atoms with Gasteiger partial charge in [0.2, 0.25) is 0 Å². The lowest BCUT2D eigenvalue weighted by Crippen LogP contribution is -2.74. The normalized spacial score (nSPS) is 26.2. The summed E-state index contributed by atoms with van der Waals surface area (Å²) in [5.74, 6) is -0.859. The number of likely N-dealkylation sites (tertiary alicyclic amines) is 1. The Hall–Kier alpha value is -1.34. The second kappa shape index (κ2) is 6.65. The number of nitrogens with zero attached hydrogens (tertiary/aromatic N) is 1. The van der Waals surface area contributed by atoms with E-state index in [2.05, 4.69) is 5.32 Å². The molecule has 0 spiro atoms. The molecule has 0 unspecified atom stereocenters. The van der Waals surface area contributed by atoms with Crippen molar-refractivity contribution in [3.05, 3.63) is 0 Å². The summed E-state index contributed by atoms with van der Waals surface area (Å²) in [7, 11) is 0. The average molecular weight is 328 g/mol. The molecule has 2 fully saturated rings. The predicted octanol–water partition coefficient (Wildman–Crippen LogP) is 1.61. The topological polar surface area (TPSA) is 88.1 Å². The molecule has 2 aliphatic rings. The van der Waals surface area contributed by atoms with Gasteiger partial charge in [0.15, 0.2) is 0 Å². The number of rotatable bonds is 6. The van der Waals surface area contributed by atoms with Gasteiger partial charge < -0.3 is 24.8 Å². The zero-order chi connectivity index (χ0) is 17.3. The van der Waals surface area contributed by atoms with E-state index < -0.39 is 17.1 Å². The Morgan fingerprint density at radius 3 is 2.39 bits per heavy atom. The van der Waals surface area contributed by atoms with Crippen LogP contribution in [0.5, 0.6) is 0 Å². The van der Waals surface area contributed by atoms with E-state index in [0.29, 0.717) is 19.7 Å². The summed E-state index contributed by atoms with van der Waals surface area (Å²) >= 11 is 0. The number of nitrogens with one attached hydrogen (secondary N) is 1. The van der Waals surface area contributed by atoms with Crippen LogP contribution in [0.25, 0.3) is 0 Å². The maximum atomic E-state index is 12.0. The largest absolute Gasteiger partial charge is 0.481 e. The predicted molar refractivity (Wildman–Crippen MR) is 84.4 cm³/mol. The lowest BCUT2D eigenvalue weighted by atomic mass is 9.81. The fraction of sp³-hybridized carbons (Fsp3) is 0.875. The smallest absolute Gasteiger partial charge is 0.410 e. The number of hydrogen-bond donors (Lipinski definition) is 2. The van der Waals surface area contributed by atoms with Gasteiger partial charge in [0.1, 0.15) is 5.60 Å². The number of ether oxygens (including phenoxy) is 2. The summed E-state index contributed by atoms with van der Waals surface area (Å²) in [5, 5.41) is 12.6. The Kier molecular flexibility index (Phi) is 5.20. The van der Waals surface area contributed by atoms with E-state index in [4.69, 9.17) is 14.6 Å². The van der Waals surface area contributed by atoms with Gasteiger partial charge in [-0.25, -0.2) is 4.79 Å². The van der Waals surface area contributed by atoms with Crippen molar-refractivity contribution in [3.63, 3.8) is 0 Å². The third-order valence-corrected chi connectivity index (χ3v) is 4.14. The minimum atomic E-state index is -0.859. The van der Waals surface area contributed by atoms with Crippen molar-refractivity contribution in [2.24, 2.45) is 0 Å². The van der Waals surface area contributed by atoms with E-state index in [0.717, 1.165) is 12.8 Å². The molecule has 0 radical (unpaired) electrons. The molecule has 0 bridgehead atoms. The second-order valence-corrected chi connectivity index (χ2v) is 7.58. The van der Waals surface area contributed by atoms with E-state index in [1.807, 2.05) is 27.7 Å². The Balaban J connectivity index is 1.86. The van der Waals surface area contributed by atoms with Crippen LogP contribution in [0.2, 0.25) is 0 Å². The molecular weight excluding hydrogens is 300 g/mol. The minimum absolute atomic E-state index is 0.00208. The summed E-state index contributed by atoms with van der Waals surface area (Å²) in [4.78, 5) is 24.8. The van der Waals surface area contributed by atoms with Gasteiger partial charge in [0.25, 0.3) is 0 Å². The van der Waals surface area contributed by atoms with Gasteiger partial charge in [-0.1, -0.05) is 0 Å². The number of hydrogen-bond acceptors (Lipinski definition) is 5. The van der Waals surface area contributed by atoms with Crippen LogP contribution in [0, 0.1) is 0 Å². The van der Waals surface area contributed by atoms with Crippen molar-refractivity contribution < 1.29 is 24.2 Å². The summed E-state index contributed by atoms with van der Waals surface area (Å²) in [6.45, 7) is 8.84. The third-order valence-electron chi connectivity index (χ3n) is 4.14. The molecule has 0 aromatic rings. The Morgan fingerprint density at radius 2 is 1.91 bits per heavy atom. The zero-order valence-electron chi connectivity index (χ0n) is 14.4. The van der Waals surface area contributed by atoms with Crippen LogP contribution in [0.4, 0.5) is 4.79 Å². The number of carbonyl (C=O) groups excluding carboxylic acids is 1. The van der Waals surface area contributed by atoms with Crippen LogP contribution in [0.1, 0.15) is 47.0 Å². The van der Waals surface area contributed by atoms with Crippen molar-refractivity contribution in [3.8, 4) is 0 Å². The Morgan fingerprint density at radius 1 is 1.30 bits per heavy atom. The van der Waals surface area contributed by atoms with Crippen molar-refractivity contribution in [1.29, 1.82) is 0 Å². The number of carboxylic acid groups (broad SMARTS) is 1. The molecule has 0 aromatic heterocycles. The monoisotopic (exact) mass is 328 g/mol. The average Bonchev–Trinajstić information content (AvgIpc) is 2.29. The van der Waals surface area contributed by atoms with Crippen LogP contribution < -0.4 is 5.32 Å². The van der Waals surface area contributed by atoms with Crippen LogP contribution >= 0.6 is 0 Å². The second-order valence-electron chi connectivity index (χ2n) is 7.58. The molecule has 2 rings (SSSR count). The van der Waals surface area contributed by atoms with E-state index in [-0.39, 0.29) is 24.7 Å². The van der Waals surface area contributed by atoms with Gasteiger partial charge in [0, 0.05) is 25.7 Å². The van der Waals surface area contributed by atoms with Crippen molar-refractivity contribution in [2.75, 3.05) is 19.7 Å². The highest BCUT2D eigenvalue weighted by Crippen LogP contribution is 2.32. The van der Waals surface area contributed by atoms with Crippen LogP contribution in [0.15, 0.2) is 0 Å². The number of carbonyl (C=O) groups is 2. The Bertz CT molecular complexity index is 448. The summed E-state index contributed by atoms with van der Waals surface area (Å²) in [6, 6.07) is 0.256. The minimum Gasteiger partial charge on any atom is -0.481 e. The molecule has 7 nitrogen and oxygen atoms in total. The van der Waals surface area contributed by atoms with E-state index in [9.17, 15) is 9.59 Å². The van der Waals surface area contributed by atoms with Crippen molar-refractivity contribution >= 4 is 12.1 Å². The van der Waals surface area contributed by atoms with Gasteiger partial charge in [-0.15, -0.1) is 0 Å². The molecule has 132 valence electrons. The summed E-state index contributed by atoms with van der Waals surface area (Å²) < 4.78 is 10.9. The first-order valence-electron chi connectivity index (χ1n) is 8.21. The van der Waals surface area contributed by atoms with Crippen LogP contribution in [-0.2, 0) is 14.3 Å². The maximum Gasteiger partial charge on any atom is 0.410 e. The molecule has 1 aliphatic heterocycles. The van der Waals surface area contributed by atoms with Gasteiger partial charge >= 0.3 is 12.1 Å². The van der Waals surface area contributed by atoms with Gasteiger partial charge in [-0.2, -0.15) is 0 Å². The van der Waals surface area contributed by atoms with E-state index in [1.165, 1.54) is 0 Å². The first-order chi connectivity index (χ1) is 10.6. The fourth-order valence-electron chi connectivity index (χ4n) is 3.17. The lowest BCUT2D eigenvalue weighted by Gasteiger charge is -2.53. The molecule has 0 aromatic carbocycles. The molecule has 1 heterocycles. The molecule has 0 atom stereocenters. The zero-order valence-corrected chi connectivity index (χ0v) is 14.4. The van der Waals surface area contributed by atoms with Gasteiger partial charge in [-0.3, -0.25) is 4.79 Å². The highest BCUT2D eigenvalue weighted by Gasteiger charge is 2.50. The van der Waals surface area contributed by atoms with Gasteiger partial charge in [0.05, 0.1) is 18.1 Å². The molecule has 2 N–H and O–H groups in total. The fourth-order valence-corrected chi connectivity index (χ4v) is 3.17. The molecule has 7 heteroatoms. The molecule has 1 saturated heterocycles. The van der Waals surface area contributed by atoms with Crippen LogP contribution in [0.3, 0.4) is 0 Å². The molecular formula is C16H28N2O5. The summed E-state index contributed by atoms with van der Waals surface area (Å²) in [5.41, 5.74) is -1.10. The highest BCUT2D eigenvalue weighted by molar-refractivity contribution is 5.73. The molecule has 1 saturated carbocycles. The molecule has 23 heavy (non-hydrogen) atoms. The van der Waals surface area contributed by atoms with E-state index >= 15 is 0 Å². The molecule has 1 amide bonds. The van der Waals surface area contributed by atoms with Crippen LogP contribution in [-0.4, -0.2) is 65.1 Å². The SMILES string of the molecule is CCOC1CC(NC2(CC(=O)O)CN(C(=O)OC(C)(C)C)C2)C1. The standard InChI is InChI=1S/C16H28N2O5/c1-5-22-12-6-11(7-12)17-16(8-13(19)20)9-18(10-16)14(21)23-15(2,3)4/h11-12,17H,5-10H2,1-4H3,(H,19,20). The number of amides is 1. The molecule has 1 aliphatic carbocycles. The number of aliphatic carboxylic acids is 1. The maximum absolute atomic E-state index is 12.0. The first kappa shape index (κ1) is 18.0. The van der Waals surface area contributed by atoms with Gasteiger partial charge in [-0.05, 0) is 40.5 Å².